The fraction of sp³-hybridized carbons (Fsp3) is 0.308. The van der Waals surface area contributed by atoms with Crippen molar-refractivity contribution in [2.24, 2.45) is 0 Å². The summed E-state index contributed by atoms with van der Waals surface area (Å²) in [5.74, 6) is 0.503. The van der Waals surface area contributed by atoms with Crippen LogP contribution in [0, 0.1) is 5.82 Å². The van der Waals surface area contributed by atoms with Crippen molar-refractivity contribution in [1.29, 1.82) is 0 Å². The molecule has 0 saturated carbocycles. The van der Waals surface area contributed by atoms with Crippen LogP contribution in [0.5, 0.6) is 0 Å². The van der Waals surface area contributed by atoms with Crippen molar-refractivity contribution in [2.75, 3.05) is 13.1 Å². The van der Waals surface area contributed by atoms with Gasteiger partial charge in [0, 0.05) is 25.0 Å². The Morgan fingerprint density at radius 2 is 2.24 bits per heavy atom. The number of nitrogens with zero attached hydrogens (tertiary/aromatic N) is 2. The van der Waals surface area contributed by atoms with E-state index in [0.717, 1.165) is 25.3 Å². The fourth-order valence-electron chi connectivity index (χ4n) is 2.34. The van der Waals surface area contributed by atoms with E-state index in [-0.39, 0.29) is 5.82 Å². The number of hydrogen-bond donors (Lipinski definition) is 1. The largest absolute Gasteiger partial charge is 0.327 e. The molecular formula is C13H14FN3. The number of benzene rings is 1. The normalized spacial score (nSPS) is 19.7. The zero-order valence-corrected chi connectivity index (χ0v) is 9.44. The Bertz CT molecular complexity index is 515. The van der Waals surface area contributed by atoms with Gasteiger partial charge in [0.2, 0.25) is 0 Å². The minimum Gasteiger partial charge on any atom is -0.327 e. The summed E-state index contributed by atoms with van der Waals surface area (Å²) in [6, 6.07) is 7.16. The maximum absolute atomic E-state index is 13.8. The number of hydrogen-bond acceptors (Lipinski definition) is 2. The van der Waals surface area contributed by atoms with Crippen LogP contribution in [0.3, 0.4) is 0 Å². The van der Waals surface area contributed by atoms with Crippen molar-refractivity contribution in [3.05, 3.63) is 42.5 Å². The third-order valence-electron chi connectivity index (χ3n) is 3.21. The topological polar surface area (TPSA) is 29.9 Å². The summed E-state index contributed by atoms with van der Waals surface area (Å²) >= 11 is 0. The summed E-state index contributed by atoms with van der Waals surface area (Å²) in [5.41, 5.74) is 0.574. The molecule has 0 aliphatic carbocycles. The smallest absolute Gasteiger partial charge is 0.143 e. The van der Waals surface area contributed by atoms with E-state index in [1.807, 2.05) is 12.3 Å². The number of rotatable bonds is 2. The van der Waals surface area contributed by atoms with Gasteiger partial charge in [0.05, 0.1) is 5.56 Å². The molecule has 0 bridgehead atoms. The second-order valence-electron chi connectivity index (χ2n) is 4.28. The van der Waals surface area contributed by atoms with E-state index in [2.05, 4.69) is 14.9 Å². The van der Waals surface area contributed by atoms with Crippen LogP contribution >= 0.6 is 0 Å². The van der Waals surface area contributed by atoms with E-state index in [1.165, 1.54) is 6.07 Å². The Balaban J connectivity index is 2.04. The first kappa shape index (κ1) is 10.5. The fourth-order valence-corrected chi connectivity index (χ4v) is 2.34. The van der Waals surface area contributed by atoms with E-state index < -0.39 is 0 Å². The molecule has 1 aromatic carbocycles. The lowest BCUT2D eigenvalue weighted by Gasteiger charge is -2.14. The molecule has 1 unspecified atom stereocenters. The van der Waals surface area contributed by atoms with Gasteiger partial charge in [-0.05, 0) is 25.1 Å². The van der Waals surface area contributed by atoms with E-state index in [4.69, 9.17) is 0 Å². The molecule has 1 saturated heterocycles. The first-order valence-corrected chi connectivity index (χ1v) is 5.85. The van der Waals surface area contributed by atoms with Crippen molar-refractivity contribution in [3.8, 4) is 11.4 Å². The molecule has 17 heavy (non-hydrogen) atoms. The molecule has 88 valence electrons. The monoisotopic (exact) mass is 231 g/mol. The molecular weight excluding hydrogens is 217 g/mol. The van der Waals surface area contributed by atoms with Gasteiger partial charge in [0.25, 0.3) is 0 Å². The molecule has 2 aromatic rings. The lowest BCUT2D eigenvalue weighted by atomic mass is 10.2. The molecule has 0 radical (unpaired) electrons. The highest BCUT2D eigenvalue weighted by Gasteiger charge is 2.20. The predicted octanol–water partition coefficient (Wildman–Crippen LogP) is 2.22. The van der Waals surface area contributed by atoms with Crippen LogP contribution in [0.15, 0.2) is 36.7 Å². The SMILES string of the molecule is Fc1ccccc1-c1nccn1C1CCNC1. The summed E-state index contributed by atoms with van der Waals surface area (Å²) in [5, 5.41) is 3.31. The lowest BCUT2D eigenvalue weighted by molar-refractivity contribution is 0.549. The highest BCUT2D eigenvalue weighted by Crippen LogP contribution is 2.26. The molecule has 1 aromatic heterocycles. The third-order valence-corrected chi connectivity index (χ3v) is 3.21. The van der Waals surface area contributed by atoms with Gasteiger partial charge in [-0.2, -0.15) is 0 Å². The van der Waals surface area contributed by atoms with E-state index in [0.29, 0.717) is 11.6 Å². The van der Waals surface area contributed by atoms with Gasteiger partial charge in [0.15, 0.2) is 0 Å². The van der Waals surface area contributed by atoms with Crippen molar-refractivity contribution in [2.45, 2.75) is 12.5 Å². The van der Waals surface area contributed by atoms with E-state index in [1.54, 1.807) is 18.3 Å². The van der Waals surface area contributed by atoms with Gasteiger partial charge >= 0.3 is 0 Å². The second-order valence-corrected chi connectivity index (χ2v) is 4.28. The predicted molar refractivity (Wildman–Crippen MR) is 64.1 cm³/mol. The van der Waals surface area contributed by atoms with E-state index >= 15 is 0 Å². The molecule has 1 N–H and O–H groups in total. The Hall–Kier alpha value is -1.68. The first-order chi connectivity index (χ1) is 8.36. The van der Waals surface area contributed by atoms with Crippen LogP contribution < -0.4 is 5.32 Å². The minimum atomic E-state index is -0.217. The average molecular weight is 231 g/mol. The molecule has 0 amide bonds. The van der Waals surface area contributed by atoms with Crippen molar-refractivity contribution in [3.63, 3.8) is 0 Å². The van der Waals surface area contributed by atoms with Gasteiger partial charge in [-0.15, -0.1) is 0 Å². The molecule has 1 atom stereocenters. The van der Waals surface area contributed by atoms with Gasteiger partial charge in [-0.1, -0.05) is 12.1 Å². The Kier molecular flexibility index (Phi) is 2.65. The Morgan fingerprint density at radius 3 is 3.00 bits per heavy atom. The van der Waals surface area contributed by atoms with Crippen LogP contribution in [0.4, 0.5) is 4.39 Å². The van der Waals surface area contributed by atoms with Crippen LogP contribution in [-0.4, -0.2) is 22.6 Å². The number of aromatic nitrogens is 2. The molecule has 4 heteroatoms. The number of halogens is 1. The number of nitrogens with one attached hydrogen (secondary N) is 1. The zero-order valence-electron chi connectivity index (χ0n) is 9.44. The standard InChI is InChI=1S/C13H14FN3/c14-12-4-2-1-3-11(12)13-16-7-8-17(13)10-5-6-15-9-10/h1-4,7-8,10,15H,5-6,9H2. The molecule has 1 aliphatic heterocycles. The number of imidazole rings is 1. The van der Waals surface area contributed by atoms with Crippen LogP contribution in [0.2, 0.25) is 0 Å². The maximum atomic E-state index is 13.8. The summed E-state index contributed by atoms with van der Waals surface area (Å²) in [7, 11) is 0. The minimum absolute atomic E-state index is 0.217. The summed E-state index contributed by atoms with van der Waals surface area (Å²) in [4.78, 5) is 4.29. The first-order valence-electron chi connectivity index (χ1n) is 5.85. The van der Waals surface area contributed by atoms with Gasteiger partial charge in [-0.25, -0.2) is 9.37 Å². The third kappa shape index (κ3) is 1.85. The Labute approximate surface area is 99.3 Å². The zero-order chi connectivity index (χ0) is 11.7. The van der Waals surface area contributed by atoms with Crippen LogP contribution in [0.25, 0.3) is 11.4 Å². The summed E-state index contributed by atoms with van der Waals surface area (Å²) < 4.78 is 15.8. The second kappa shape index (κ2) is 4.30. The van der Waals surface area contributed by atoms with Gasteiger partial charge < -0.3 is 9.88 Å². The molecule has 1 fully saturated rings. The Morgan fingerprint density at radius 1 is 1.35 bits per heavy atom. The van der Waals surface area contributed by atoms with Crippen molar-refractivity contribution < 1.29 is 4.39 Å². The van der Waals surface area contributed by atoms with Crippen LogP contribution in [0.1, 0.15) is 12.5 Å². The van der Waals surface area contributed by atoms with Crippen molar-refractivity contribution in [1.82, 2.24) is 14.9 Å². The maximum Gasteiger partial charge on any atom is 0.143 e. The van der Waals surface area contributed by atoms with Gasteiger partial charge in [-0.3, -0.25) is 0 Å². The highest BCUT2D eigenvalue weighted by molar-refractivity contribution is 5.56. The summed E-state index contributed by atoms with van der Waals surface area (Å²) in [6.45, 7) is 1.94. The molecule has 0 spiro atoms. The lowest BCUT2D eigenvalue weighted by Crippen LogP contribution is -2.13. The highest BCUT2D eigenvalue weighted by atomic mass is 19.1. The molecule has 1 aliphatic rings. The quantitative estimate of drug-likeness (QED) is 0.859. The molecule has 3 nitrogen and oxygen atoms in total. The molecule has 3 rings (SSSR count). The molecule has 2 heterocycles. The van der Waals surface area contributed by atoms with E-state index in [9.17, 15) is 4.39 Å². The summed E-state index contributed by atoms with van der Waals surface area (Å²) in [6.07, 6.45) is 4.73. The van der Waals surface area contributed by atoms with Crippen molar-refractivity contribution >= 4 is 0 Å². The van der Waals surface area contributed by atoms with Gasteiger partial charge in [0.1, 0.15) is 11.6 Å². The average Bonchev–Trinajstić information content (AvgIpc) is 3.00. The van der Waals surface area contributed by atoms with Crippen LogP contribution in [-0.2, 0) is 0 Å².